The van der Waals surface area contributed by atoms with Crippen LogP contribution in [0.1, 0.15) is 18.1 Å². The first-order valence-electron chi connectivity index (χ1n) is 4.44. The fourth-order valence-electron chi connectivity index (χ4n) is 1.02. The van der Waals surface area contributed by atoms with Crippen LogP contribution in [0, 0.1) is 6.92 Å². The quantitative estimate of drug-likeness (QED) is 0.673. The molecule has 13 heavy (non-hydrogen) atoms. The topological polar surface area (TPSA) is 47.3 Å². The summed E-state index contributed by atoms with van der Waals surface area (Å²) in [7, 11) is 1.71. The summed E-state index contributed by atoms with van der Waals surface area (Å²) in [4.78, 5) is 4.07. The van der Waals surface area contributed by atoms with Crippen LogP contribution in [0.25, 0.3) is 0 Å². The maximum absolute atomic E-state index is 5.29. The Morgan fingerprint density at radius 3 is 3.08 bits per heavy atom. The lowest BCUT2D eigenvalue weighted by molar-refractivity contribution is 0.194. The van der Waals surface area contributed by atoms with Crippen molar-refractivity contribution in [2.45, 2.75) is 19.9 Å². The van der Waals surface area contributed by atoms with Gasteiger partial charge in [-0.1, -0.05) is 0 Å². The zero-order chi connectivity index (χ0) is 9.52. The van der Waals surface area contributed by atoms with E-state index in [-0.39, 0.29) is 0 Å². The molecule has 0 fully saturated rings. The summed E-state index contributed by atoms with van der Waals surface area (Å²) in [5, 5.41) is 3.21. The summed E-state index contributed by atoms with van der Waals surface area (Å²) in [6.45, 7) is 4.30. The second-order valence-corrected chi connectivity index (χ2v) is 2.89. The van der Waals surface area contributed by atoms with Gasteiger partial charge >= 0.3 is 0 Å². The second-order valence-electron chi connectivity index (χ2n) is 2.89. The van der Waals surface area contributed by atoms with Crippen molar-refractivity contribution in [2.75, 3.05) is 20.3 Å². The molecule has 0 spiro atoms. The van der Waals surface area contributed by atoms with Crippen molar-refractivity contribution >= 4 is 0 Å². The molecular formula is C9H16N2O2. The van der Waals surface area contributed by atoms with E-state index in [0.717, 1.165) is 31.2 Å². The number of rotatable bonds is 6. The van der Waals surface area contributed by atoms with Crippen LogP contribution in [0.2, 0.25) is 0 Å². The molecule has 4 heteroatoms. The largest absolute Gasteiger partial charge is 0.445 e. The predicted octanol–water partition coefficient (Wildman–Crippen LogP) is 1.11. The third-order valence-electron chi connectivity index (χ3n) is 1.65. The number of hydrogen-bond acceptors (Lipinski definition) is 4. The van der Waals surface area contributed by atoms with Gasteiger partial charge < -0.3 is 14.5 Å². The van der Waals surface area contributed by atoms with E-state index in [4.69, 9.17) is 9.15 Å². The van der Waals surface area contributed by atoms with Crippen LogP contribution in [0.15, 0.2) is 10.6 Å². The number of methoxy groups -OCH3 is 1. The lowest BCUT2D eigenvalue weighted by Crippen LogP contribution is -2.16. The van der Waals surface area contributed by atoms with Crippen LogP contribution < -0.4 is 5.32 Å². The van der Waals surface area contributed by atoms with Crippen molar-refractivity contribution in [1.29, 1.82) is 0 Å². The Balaban J connectivity index is 2.06. The Morgan fingerprint density at radius 1 is 1.62 bits per heavy atom. The maximum Gasteiger partial charge on any atom is 0.208 e. The van der Waals surface area contributed by atoms with Crippen molar-refractivity contribution in [3.63, 3.8) is 0 Å². The van der Waals surface area contributed by atoms with Gasteiger partial charge in [0.05, 0.1) is 12.7 Å². The molecule has 0 aliphatic carbocycles. The van der Waals surface area contributed by atoms with Gasteiger partial charge in [-0.25, -0.2) is 4.98 Å². The van der Waals surface area contributed by atoms with E-state index < -0.39 is 0 Å². The SMILES string of the molecule is COCCCNCc1ncc(C)o1. The number of oxazole rings is 1. The Bertz CT molecular complexity index is 235. The smallest absolute Gasteiger partial charge is 0.208 e. The molecule has 0 saturated carbocycles. The third-order valence-corrected chi connectivity index (χ3v) is 1.65. The molecule has 1 aromatic rings. The van der Waals surface area contributed by atoms with Gasteiger partial charge in [0.2, 0.25) is 5.89 Å². The van der Waals surface area contributed by atoms with E-state index in [1.807, 2.05) is 6.92 Å². The van der Waals surface area contributed by atoms with Gasteiger partial charge in [0.25, 0.3) is 0 Å². The molecule has 1 aromatic heterocycles. The standard InChI is InChI=1S/C9H16N2O2/c1-8-6-11-9(13-8)7-10-4-3-5-12-2/h6,10H,3-5,7H2,1-2H3. The van der Waals surface area contributed by atoms with E-state index in [9.17, 15) is 0 Å². The van der Waals surface area contributed by atoms with Crippen molar-refractivity contribution < 1.29 is 9.15 Å². The van der Waals surface area contributed by atoms with Crippen molar-refractivity contribution in [2.24, 2.45) is 0 Å². The minimum atomic E-state index is 0.692. The molecule has 0 aliphatic rings. The number of hydrogen-bond donors (Lipinski definition) is 1. The molecule has 1 rings (SSSR count). The van der Waals surface area contributed by atoms with Gasteiger partial charge in [0.1, 0.15) is 5.76 Å². The van der Waals surface area contributed by atoms with E-state index in [1.54, 1.807) is 13.3 Å². The highest BCUT2D eigenvalue weighted by molar-refractivity contribution is 4.90. The summed E-state index contributed by atoms with van der Waals surface area (Å²) in [6, 6.07) is 0. The highest BCUT2D eigenvalue weighted by Gasteiger charge is 1.98. The normalized spacial score (nSPS) is 10.6. The fourth-order valence-corrected chi connectivity index (χ4v) is 1.02. The predicted molar refractivity (Wildman–Crippen MR) is 49.4 cm³/mol. The van der Waals surface area contributed by atoms with E-state index in [2.05, 4.69) is 10.3 Å². The van der Waals surface area contributed by atoms with Gasteiger partial charge in [-0.3, -0.25) is 0 Å². The van der Waals surface area contributed by atoms with E-state index >= 15 is 0 Å². The summed E-state index contributed by atoms with van der Waals surface area (Å²) in [6.07, 6.45) is 2.74. The average molecular weight is 184 g/mol. The first kappa shape index (κ1) is 10.2. The maximum atomic E-state index is 5.29. The number of aromatic nitrogens is 1. The van der Waals surface area contributed by atoms with Gasteiger partial charge in [-0.05, 0) is 19.9 Å². The first-order valence-corrected chi connectivity index (χ1v) is 4.44. The molecule has 1 N–H and O–H groups in total. The average Bonchev–Trinajstić information content (AvgIpc) is 2.51. The number of nitrogens with zero attached hydrogens (tertiary/aromatic N) is 1. The Morgan fingerprint density at radius 2 is 2.46 bits per heavy atom. The minimum absolute atomic E-state index is 0.692. The molecule has 0 aliphatic heterocycles. The summed E-state index contributed by atoms with van der Waals surface area (Å²) < 4.78 is 10.2. The van der Waals surface area contributed by atoms with Crippen molar-refractivity contribution in [3.8, 4) is 0 Å². The number of nitrogens with one attached hydrogen (secondary N) is 1. The van der Waals surface area contributed by atoms with Gasteiger partial charge in [-0.15, -0.1) is 0 Å². The van der Waals surface area contributed by atoms with Crippen LogP contribution in [0.5, 0.6) is 0 Å². The number of ether oxygens (including phenoxy) is 1. The van der Waals surface area contributed by atoms with Crippen molar-refractivity contribution in [3.05, 3.63) is 17.8 Å². The first-order chi connectivity index (χ1) is 6.33. The molecule has 0 amide bonds. The molecule has 0 unspecified atom stereocenters. The third kappa shape index (κ3) is 4.05. The van der Waals surface area contributed by atoms with Gasteiger partial charge in [-0.2, -0.15) is 0 Å². The van der Waals surface area contributed by atoms with Crippen LogP contribution in [0.4, 0.5) is 0 Å². The highest BCUT2D eigenvalue weighted by Crippen LogP contribution is 2.00. The summed E-state index contributed by atoms with van der Waals surface area (Å²) >= 11 is 0. The van der Waals surface area contributed by atoms with Crippen molar-refractivity contribution in [1.82, 2.24) is 10.3 Å². The molecule has 0 saturated heterocycles. The Labute approximate surface area is 78.3 Å². The zero-order valence-corrected chi connectivity index (χ0v) is 8.17. The molecule has 1 heterocycles. The van der Waals surface area contributed by atoms with Crippen LogP contribution in [-0.4, -0.2) is 25.2 Å². The van der Waals surface area contributed by atoms with Crippen LogP contribution >= 0.6 is 0 Å². The lowest BCUT2D eigenvalue weighted by atomic mass is 10.4. The Hall–Kier alpha value is -0.870. The van der Waals surface area contributed by atoms with E-state index in [0.29, 0.717) is 6.54 Å². The zero-order valence-electron chi connectivity index (χ0n) is 8.17. The van der Waals surface area contributed by atoms with Gasteiger partial charge in [0, 0.05) is 13.7 Å². The van der Waals surface area contributed by atoms with Gasteiger partial charge in [0.15, 0.2) is 0 Å². The molecule has 74 valence electrons. The highest BCUT2D eigenvalue weighted by atomic mass is 16.5. The minimum Gasteiger partial charge on any atom is -0.445 e. The van der Waals surface area contributed by atoms with E-state index in [1.165, 1.54) is 0 Å². The van der Waals surface area contributed by atoms with Crippen LogP contribution in [-0.2, 0) is 11.3 Å². The Kier molecular flexibility index (Phi) is 4.49. The molecule has 0 aromatic carbocycles. The second kappa shape index (κ2) is 5.72. The van der Waals surface area contributed by atoms with Crippen LogP contribution in [0.3, 0.4) is 0 Å². The molecule has 0 radical (unpaired) electrons. The summed E-state index contributed by atoms with van der Waals surface area (Å²) in [5.74, 6) is 1.60. The fraction of sp³-hybridized carbons (Fsp3) is 0.667. The summed E-state index contributed by atoms with van der Waals surface area (Å²) in [5.41, 5.74) is 0. The number of aryl methyl sites for hydroxylation is 1. The molecular weight excluding hydrogens is 168 g/mol. The molecule has 4 nitrogen and oxygen atoms in total. The molecule has 0 atom stereocenters. The lowest BCUT2D eigenvalue weighted by Gasteiger charge is -2.00. The monoisotopic (exact) mass is 184 g/mol. The molecule has 0 bridgehead atoms.